The number of pyridine rings is 1. The molecule has 0 aliphatic heterocycles. The van der Waals surface area contributed by atoms with E-state index in [9.17, 15) is 0 Å². The number of anilines is 1. The molecule has 0 aliphatic carbocycles. The van der Waals surface area contributed by atoms with Gasteiger partial charge in [-0.2, -0.15) is 0 Å². The van der Waals surface area contributed by atoms with Crippen LogP contribution < -0.4 is 5.32 Å². The molecule has 2 nitrogen and oxygen atoms in total. The fourth-order valence-corrected chi connectivity index (χ4v) is 1.81. The Balaban J connectivity index is 2.11. The van der Waals surface area contributed by atoms with Crippen molar-refractivity contribution in [2.45, 2.75) is 19.9 Å². The number of benzene rings is 1. The molecular weight excluding hydrogens is 232 g/mol. The van der Waals surface area contributed by atoms with E-state index in [2.05, 4.69) is 17.2 Å². The quantitative estimate of drug-likeness (QED) is 0.877. The van der Waals surface area contributed by atoms with Gasteiger partial charge in [0.1, 0.15) is 5.82 Å². The lowest BCUT2D eigenvalue weighted by atomic mass is 10.1. The summed E-state index contributed by atoms with van der Waals surface area (Å²) >= 11 is 5.86. The number of hydrogen-bond donors (Lipinski definition) is 1. The number of halogens is 1. The van der Waals surface area contributed by atoms with Crippen LogP contribution in [0.15, 0.2) is 42.5 Å². The Kier molecular flexibility index (Phi) is 3.64. The van der Waals surface area contributed by atoms with Gasteiger partial charge in [0.25, 0.3) is 0 Å². The highest BCUT2D eigenvalue weighted by Crippen LogP contribution is 2.19. The van der Waals surface area contributed by atoms with Crippen LogP contribution in [-0.4, -0.2) is 4.98 Å². The van der Waals surface area contributed by atoms with Crippen molar-refractivity contribution in [3.05, 3.63) is 58.7 Å². The molecule has 1 heterocycles. The van der Waals surface area contributed by atoms with Crippen LogP contribution in [-0.2, 0) is 0 Å². The molecule has 1 atom stereocenters. The second kappa shape index (κ2) is 5.19. The number of rotatable bonds is 3. The lowest BCUT2D eigenvalue weighted by Crippen LogP contribution is -2.07. The second-order valence-electron chi connectivity index (χ2n) is 4.08. The van der Waals surface area contributed by atoms with Gasteiger partial charge in [0.05, 0.1) is 0 Å². The third-order valence-electron chi connectivity index (χ3n) is 2.62. The number of hydrogen-bond acceptors (Lipinski definition) is 2. The Labute approximate surface area is 107 Å². The molecule has 88 valence electrons. The third-order valence-corrected chi connectivity index (χ3v) is 2.87. The van der Waals surface area contributed by atoms with Crippen LogP contribution in [0.1, 0.15) is 24.2 Å². The van der Waals surface area contributed by atoms with E-state index in [4.69, 9.17) is 11.6 Å². The summed E-state index contributed by atoms with van der Waals surface area (Å²) in [7, 11) is 0. The lowest BCUT2D eigenvalue weighted by Gasteiger charge is -2.15. The zero-order chi connectivity index (χ0) is 12.3. The van der Waals surface area contributed by atoms with Crippen molar-refractivity contribution in [2.75, 3.05) is 5.32 Å². The smallest absolute Gasteiger partial charge is 0.126 e. The summed E-state index contributed by atoms with van der Waals surface area (Å²) in [4.78, 5) is 4.42. The minimum atomic E-state index is 0.210. The number of nitrogens with one attached hydrogen (secondary N) is 1. The zero-order valence-electron chi connectivity index (χ0n) is 9.94. The average Bonchev–Trinajstić information content (AvgIpc) is 2.29. The normalized spacial score (nSPS) is 12.2. The molecule has 0 saturated carbocycles. The van der Waals surface area contributed by atoms with Gasteiger partial charge in [-0.15, -0.1) is 0 Å². The Morgan fingerprint density at radius 2 is 1.82 bits per heavy atom. The van der Waals surface area contributed by atoms with E-state index in [1.165, 1.54) is 5.56 Å². The van der Waals surface area contributed by atoms with Gasteiger partial charge in [0.15, 0.2) is 0 Å². The minimum absolute atomic E-state index is 0.210. The van der Waals surface area contributed by atoms with Crippen LogP contribution in [0.4, 0.5) is 5.82 Å². The van der Waals surface area contributed by atoms with Gasteiger partial charge in [0.2, 0.25) is 0 Å². The Morgan fingerprint density at radius 3 is 2.47 bits per heavy atom. The standard InChI is InChI=1S/C14H15ClN2/c1-10-4-3-5-14(16-10)17-11(2)12-6-8-13(15)9-7-12/h3-9,11H,1-2H3,(H,16,17). The molecule has 1 aromatic carbocycles. The summed E-state index contributed by atoms with van der Waals surface area (Å²) < 4.78 is 0. The molecule has 0 saturated heterocycles. The van der Waals surface area contributed by atoms with Crippen LogP contribution in [0.25, 0.3) is 0 Å². The van der Waals surface area contributed by atoms with Crippen molar-refractivity contribution >= 4 is 17.4 Å². The van der Waals surface area contributed by atoms with Gasteiger partial charge >= 0.3 is 0 Å². The zero-order valence-corrected chi connectivity index (χ0v) is 10.7. The Hall–Kier alpha value is -1.54. The number of aryl methyl sites for hydroxylation is 1. The summed E-state index contributed by atoms with van der Waals surface area (Å²) in [6.45, 7) is 4.09. The SMILES string of the molecule is Cc1cccc(NC(C)c2ccc(Cl)cc2)n1. The van der Waals surface area contributed by atoms with E-state index in [1.807, 2.05) is 49.4 Å². The molecule has 2 aromatic rings. The van der Waals surface area contributed by atoms with Crippen molar-refractivity contribution < 1.29 is 0 Å². The highest BCUT2D eigenvalue weighted by Gasteiger charge is 2.05. The fourth-order valence-electron chi connectivity index (χ4n) is 1.68. The molecule has 0 aliphatic rings. The molecule has 0 fully saturated rings. The van der Waals surface area contributed by atoms with Gasteiger partial charge in [-0.05, 0) is 43.7 Å². The predicted molar refractivity (Wildman–Crippen MR) is 72.5 cm³/mol. The maximum atomic E-state index is 5.86. The van der Waals surface area contributed by atoms with E-state index in [0.29, 0.717) is 0 Å². The minimum Gasteiger partial charge on any atom is -0.364 e. The molecule has 0 bridgehead atoms. The van der Waals surface area contributed by atoms with E-state index in [1.54, 1.807) is 0 Å². The first-order chi connectivity index (χ1) is 8.15. The molecule has 0 radical (unpaired) electrons. The van der Waals surface area contributed by atoms with E-state index >= 15 is 0 Å². The summed E-state index contributed by atoms with van der Waals surface area (Å²) in [6, 6.07) is 14.0. The Morgan fingerprint density at radius 1 is 1.12 bits per heavy atom. The summed E-state index contributed by atoms with van der Waals surface area (Å²) in [5.41, 5.74) is 2.20. The summed E-state index contributed by atoms with van der Waals surface area (Å²) in [5.74, 6) is 0.896. The molecule has 1 N–H and O–H groups in total. The maximum absolute atomic E-state index is 5.86. The molecule has 0 amide bonds. The van der Waals surface area contributed by atoms with Crippen LogP contribution in [0.2, 0.25) is 5.02 Å². The Bertz CT molecular complexity index is 494. The fraction of sp³-hybridized carbons (Fsp3) is 0.214. The van der Waals surface area contributed by atoms with Crippen LogP contribution in [0.5, 0.6) is 0 Å². The van der Waals surface area contributed by atoms with Gasteiger partial charge in [-0.3, -0.25) is 0 Å². The second-order valence-corrected chi connectivity index (χ2v) is 4.52. The predicted octanol–water partition coefficient (Wildman–Crippen LogP) is 4.22. The van der Waals surface area contributed by atoms with E-state index < -0.39 is 0 Å². The molecular formula is C14H15ClN2. The van der Waals surface area contributed by atoms with Gasteiger partial charge < -0.3 is 5.32 Å². The lowest BCUT2D eigenvalue weighted by molar-refractivity contribution is 0.872. The largest absolute Gasteiger partial charge is 0.364 e. The van der Waals surface area contributed by atoms with Crippen molar-refractivity contribution in [3.8, 4) is 0 Å². The van der Waals surface area contributed by atoms with Crippen LogP contribution in [0, 0.1) is 6.92 Å². The number of aromatic nitrogens is 1. The van der Waals surface area contributed by atoms with Gasteiger partial charge in [0, 0.05) is 16.8 Å². The highest BCUT2D eigenvalue weighted by atomic mass is 35.5. The molecule has 2 rings (SSSR count). The molecule has 1 unspecified atom stereocenters. The first-order valence-electron chi connectivity index (χ1n) is 5.61. The molecule has 0 spiro atoms. The van der Waals surface area contributed by atoms with Gasteiger partial charge in [-0.25, -0.2) is 4.98 Å². The topological polar surface area (TPSA) is 24.9 Å². The third kappa shape index (κ3) is 3.21. The molecule has 3 heteroatoms. The monoisotopic (exact) mass is 246 g/mol. The van der Waals surface area contributed by atoms with E-state index in [0.717, 1.165) is 16.5 Å². The van der Waals surface area contributed by atoms with Crippen molar-refractivity contribution in [3.63, 3.8) is 0 Å². The van der Waals surface area contributed by atoms with Crippen molar-refractivity contribution in [2.24, 2.45) is 0 Å². The van der Waals surface area contributed by atoms with Crippen LogP contribution >= 0.6 is 11.6 Å². The highest BCUT2D eigenvalue weighted by molar-refractivity contribution is 6.30. The summed E-state index contributed by atoms with van der Waals surface area (Å²) in [6.07, 6.45) is 0. The van der Waals surface area contributed by atoms with Crippen LogP contribution in [0.3, 0.4) is 0 Å². The first kappa shape index (κ1) is 11.9. The first-order valence-corrected chi connectivity index (χ1v) is 5.98. The summed E-state index contributed by atoms with van der Waals surface area (Å²) in [5, 5.41) is 4.12. The molecule has 17 heavy (non-hydrogen) atoms. The van der Waals surface area contributed by atoms with Crippen molar-refractivity contribution in [1.82, 2.24) is 4.98 Å². The van der Waals surface area contributed by atoms with Crippen molar-refractivity contribution in [1.29, 1.82) is 0 Å². The average molecular weight is 247 g/mol. The maximum Gasteiger partial charge on any atom is 0.126 e. The van der Waals surface area contributed by atoms with Gasteiger partial charge in [-0.1, -0.05) is 29.8 Å². The van der Waals surface area contributed by atoms with E-state index in [-0.39, 0.29) is 6.04 Å². The molecule has 1 aromatic heterocycles. The number of nitrogens with zero attached hydrogens (tertiary/aromatic N) is 1.